The molecule has 12 heavy (non-hydrogen) atoms. The lowest BCUT2D eigenvalue weighted by molar-refractivity contribution is 1.38. The summed E-state index contributed by atoms with van der Waals surface area (Å²) in [6.07, 6.45) is 1.74. The Morgan fingerprint density at radius 2 is 2.25 bits per heavy atom. The van der Waals surface area contributed by atoms with E-state index in [9.17, 15) is 0 Å². The van der Waals surface area contributed by atoms with Crippen LogP contribution in [0, 0.1) is 18.3 Å². The van der Waals surface area contributed by atoms with E-state index in [-0.39, 0.29) is 0 Å². The van der Waals surface area contributed by atoms with Gasteiger partial charge in [-0.15, -0.1) is 0 Å². The highest BCUT2D eigenvalue weighted by atomic mass is 14.7. The Morgan fingerprint density at radius 1 is 1.50 bits per heavy atom. The summed E-state index contributed by atoms with van der Waals surface area (Å²) in [5.74, 6) is 0. The molecule has 1 aromatic carbocycles. The van der Waals surface area contributed by atoms with Crippen LogP contribution in [0.2, 0.25) is 0 Å². The van der Waals surface area contributed by atoms with E-state index in [0.29, 0.717) is 5.56 Å². The van der Waals surface area contributed by atoms with Gasteiger partial charge in [-0.05, 0) is 37.6 Å². The predicted molar refractivity (Wildman–Crippen MR) is 49.7 cm³/mol. The minimum absolute atomic E-state index is 0.683. The maximum absolute atomic E-state index is 8.59. The highest BCUT2D eigenvalue weighted by molar-refractivity contribution is 5.62. The molecule has 0 atom stereocenters. The highest BCUT2D eigenvalue weighted by Crippen LogP contribution is 2.18. The van der Waals surface area contributed by atoms with E-state index in [4.69, 9.17) is 5.26 Å². The zero-order chi connectivity index (χ0) is 8.97. The molecule has 0 aliphatic carbocycles. The molecule has 1 aromatic rings. The van der Waals surface area contributed by atoms with Crippen LogP contribution in [-0.2, 0) is 0 Å². The third-order valence-corrected chi connectivity index (χ3v) is 1.59. The molecule has 0 radical (unpaired) electrons. The van der Waals surface area contributed by atoms with Crippen molar-refractivity contribution in [3.63, 3.8) is 0 Å². The second kappa shape index (κ2) is 3.68. The van der Waals surface area contributed by atoms with Crippen molar-refractivity contribution in [2.45, 2.75) is 13.8 Å². The molecular formula is C10H10N2. The van der Waals surface area contributed by atoms with Crippen molar-refractivity contribution in [2.75, 3.05) is 0 Å². The average Bonchev–Trinajstić information content (AvgIpc) is 2.09. The summed E-state index contributed by atoms with van der Waals surface area (Å²) in [6.45, 7) is 3.82. The van der Waals surface area contributed by atoms with E-state index in [1.54, 1.807) is 12.3 Å². The van der Waals surface area contributed by atoms with E-state index in [1.807, 2.05) is 26.0 Å². The van der Waals surface area contributed by atoms with Crippen LogP contribution in [0.4, 0.5) is 5.69 Å². The van der Waals surface area contributed by atoms with Crippen LogP contribution in [0.15, 0.2) is 23.2 Å². The Labute approximate surface area is 72.2 Å². The predicted octanol–water partition coefficient (Wildman–Crippen LogP) is 2.59. The van der Waals surface area contributed by atoms with E-state index < -0.39 is 0 Å². The summed E-state index contributed by atoms with van der Waals surface area (Å²) in [4.78, 5) is 4.15. The van der Waals surface area contributed by atoms with Crippen molar-refractivity contribution in [3.8, 4) is 6.07 Å². The van der Waals surface area contributed by atoms with Crippen molar-refractivity contribution in [2.24, 2.45) is 4.99 Å². The maximum atomic E-state index is 8.59. The second-order valence-electron chi connectivity index (χ2n) is 2.50. The Bertz CT molecular complexity index is 345. The lowest BCUT2D eigenvalue weighted by Crippen LogP contribution is -1.78. The van der Waals surface area contributed by atoms with Crippen molar-refractivity contribution in [3.05, 3.63) is 29.3 Å². The molecule has 0 saturated heterocycles. The second-order valence-corrected chi connectivity index (χ2v) is 2.50. The third-order valence-electron chi connectivity index (χ3n) is 1.59. The van der Waals surface area contributed by atoms with Gasteiger partial charge >= 0.3 is 0 Å². The van der Waals surface area contributed by atoms with Crippen LogP contribution in [0.1, 0.15) is 18.1 Å². The molecule has 0 aromatic heterocycles. The summed E-state index contributed by atoms with van der Waals surface area (Å²) in [6, 6.07) is 7.55. The SMILES string of the molecule is CC=Nc1ccc(C#N)cc1C. The smallest absolute Gasteiger partial charge is 0.0991 e. The summed E-state index contributed by atoms with van der Waals surface area (Å²) < 4.78 is 0. The summed E-state index contributed by atoms with van der Waals surface area (Å²) >= 11 is 0. The molecule has 60 valence electrons. The number of aryl methyl sites for hydroxylation is 1. The zero-order valence-corrected chi connectivity index (χ0v) is 7.20. The van der Waals surface area contributed by atoms with Gasteiger partial charge in [0.1, 0.15) is 0 Å². The highest BCUT2D eigenvalue weighted by Gasteiger charge is 1.96. The van der Waals surface area contributed by atoms with Crippen LogP contribution in [0.5, 0.6) is 0 Å². The molecule has 0 fully saturated rings. The first-order valence-electron chi connectivity index (χ1n) is 3.77. The Kier molecular flexibility index (Phi) is 2.60. The molecule has 0 aliphatic rings. The fourth-order valence-corrected chi connectivity index (χ4v) is 1.01. The lowest BCUT2D eigenvalue weighted by Gasteiger charge is -1.98. The van der Waals surface area contributed by atoms with Crippen LogP contribution < -0.4 is 0 Å². The number of nitrogens with zero attached hydrogens (tertiary/aromatic N) is 2. The van der Waals surface area contributed by atoms with E-state index in [0.717, 1.165) is 11.3 Å². The van der Waals surface area contributed by atoms with Gasteiger partial charge in [-0.25, -0.2) is 0 Å². The monoisotopic (exact) mass is 158 g/mol. The van der Waals surface area contributed by atoms with E-state index >= 15 is 0 Å². The summed E-state index contributed by atoms with van der Waals surface area (Å²) in [5, 5.41) is 8.59. The van der Waals surface area contributed by atoms with Crippen LogP contribution in [0.25, 0.3) is 0 Å². The average molecular weight is 158 g/mol. The first-order chi connectivity index (χ1) is 5.77. The van der Waals surface area contributed by atoms with Gasteiger partial charge in [0.2, 0.25) is 0 Å². The quantitative estimate of drug-likeness (QED) is 0.578. The van der Waals surface area contributed by atoms with Gasteiger partial charge in [0.25, 0.3) is 0 Å². The zero-order valence-electron chi connectivity index (χ0n) is 7.20. The molecule has 0 N–H and O–H groups in total. The summed E-state index contributed by atoms with van der Waals surface area (Å²) in [7, 11) is 0. The number of hydrogen-bond donors (Lipinski definition) is 0. The molecule has 0 amide bonds. The van der Waals surface area contributed by atoms with Gasteiger partial charge in [-0.3, -0.25) is 4.99 Å². The molecule has 0 bridgehead atoms. The molecule has 2 nitrogen and oxygen atoms in total. The Balaban J connectivity index is 3.14. The molecular weight excluding hydrogens is 148 g/mol. The van der Waals surface area contributed by atoms with Crippen molar-refractivity contribution >= 4 is 11.9 Å². The lowest BCUT2D eigenvalue weighted by atomic mass is 10.1. The van der Waals surface area contributed by atoms with Crippen molar-refractivity contribution in [1.29, 1.82) is 5.26 Å². The van der Waals surface area contributed by atoms with Crippen LogP contribution >= 0.6 is 0 Å². The molecule has 0 aliphatic heterocycles. The first kappa shape index (κ1) is 8.48. The maximum Gasteiger partial charge on any atom is 0.0991 e. The number of benzene rings is 1. The molecule has 0 spiro atoms. The van der Waals surface area contributed by atoms with Crippen molar-refractivity contribution in [1.82, 2.24) is 0 Å². The Hall–Kier alpha value is -1.62. The van der Waals surface area contributed by atoms with Crippen molar-refractivity contribution < 1.29 is 0 Å². The summed E-state index contributed by atoms with van der Waals surface area (Å²) in [5.41, 5.74) is 2.64. The fraction of sp³-hybridized carbons (Fsp3) is 0.200. The van der Waals surface area contributed by atoms with Gasteiger partial charge in [0.15, 0.2) is 0 Å². The number of hydrogen-bond acceptors (Lipinski definition) is 2. The largest absolute Gasteiger partial charge is 0.261 e. The topological polar surface area (TPSA) is 36.1 Å². The number of nitriles is 1. The third kappa shape index (κ3) is 1.70. The normalized spacial score (nSPS) is 10.1. The van der Waals surface area contributed by atoms with Gasteiger partial charge < -0.3 is 0 Å². The van der Waals surface area contributed by atoms with Gasteiger partial charge in [-0.1, -0.05) is 0 Å². The molecule has 0 heterocycles. The van der Waals surface area contributed by atoms with Crippen LogP contribution in [0.3, 0.4) is 0 Å². The fourth-order valence-electron chi connectivity index (χ4n) is 1.01. The number of aliphatic imine (C=N–C) groups is 1. The standard InChI is InChI=1S/C10H10N2/c1-3-12-10-5-4-9(7-11)6-8(10)2/h3-6H,1-2H3. The van der Waals surface area contributed by atoms with Gasteiger partial charge in [0, 0.05) is 6.21 Å². The number of rotatable bonds is 1. The molecule has 0 saturated carbocycles. The van der Waals surface area contributed by atoms with Gasteiger partial charge in [-0.2, -0.15) is 5.26 Å². The first-order valence-corrected chi connectivity index (χ1v) is 3.77. The molecule has 0 unspecified atom stereocenters. The Morgan fingerprint density at radius 3 is 2.75 bits per heavy atom. The van der Waals surface area contributed by atoms with E-state index in [1.165, 1.54) is 0 Å². The van der Waals surface area contributed by atoms with Crippen LogP contribution in [-0.4, -0.2) is 6.21 Å². The molecule has 1 rings (SSSR count). The minimum atomic E-state index is 0.683. The molecule has 2 heteroatoms. The van der Waals surface area contributed by atoms with E-state index in [2.05, 4.69) is 11.1 Å². The minimum Gasteiger partial charge on any atom is -0.261 e. The van der Waals surface area contributed by atoms with Gasteiger partial charge in [0.05, 0.1) is 17.3 Å².